The second kappa shape index (κ2) is 9.36. The number of hydrogen-bond acceptors (Lipinski definition) is 4. The van der Waals surface area contributed by atoms with Gasteiger partial charge >= 0.3 is 0 Å². The maximum atomic E-state index is 15.0. The predicted octanol–water partition coefficient (Wildman–Crippen LogP) is 6.13. The molecule has 36 heavy (non-hydrogen) atoms. The summed E-state index contributed by atoms with van der Waals surface area (Å²) < 4.78 is 20.6. The fourth-order valence-electron chi connectivity index (χ4n) is 5.25. The van der Waals surface area contributed by atoms with Crippen LogP contribution in [0.4, 0.5) is 10.1 Å². The van der Waals surface area contributed by atoms with Gasteiger partial charge in [0.15, 0.2) is 0 Å². The molecule has 1 fully saturated rings. The number of fused-ring (bicyclic) bond motifs is 2. The number of ether oxygens (including phenoxy) is 1. The molecule has 2 aliphatic heterocycles. The number of nitrogens with zero attached hydrogens (tertiary/aromatic N) is 2. The van der Waals surface area contributed by atoms with Gasteiger partial charge in [0.1, 0.15) is 11.6 Å². The lowest BCUT2D eigenvalue weighted by Crippen LogP contribution is -2.18. The van der Waals surface area contributed by atoms with Crippen molar-refractivity contribution in [1.29, 1.82) is 0 Å². The highest BCUT2D eigenvalue weighted by atomic mass is 19.1. The lowest BCUT2D eigenvalue weighted by Gasteiger charge is -2.16. The van der Waals surface area contributed by atoms with E-state index < -0.39 is 11.7 Å². The first-order chi connectivity index (χ1) is 17.5. The van der Waals surface area contributed by atoms with Crippen molar-refractivity contribution in [1.82, 2.24) is 9.88 Å². The number of aryl methyl sites for hydroxylation is 1. The first-order valence-corrected chi connectivity index (χ1v) is 12.5. The van der Waals surface area contributed by atoms with Crippen molar-refractivity contribution in [3.05, 3.63) is 88.9 Å². The van der Waals surface area contributed by atoms with Gasteiger partial charge in [-0.1, -0.05) is 18.2 Å². The number of aromatic nitrogens is 1. The van der Waals surface area contributed by atoms with Crippen molar-refractivity contribution >= 4 is 22.5 Å². The topological polar surface area (TPSA) is 54.5 Å². The van der Waals surface area contributed by atoms with Gasteiger partial charge in [0.25, 0.3) is 5.91 Å². The number of anilines is 1. The zero-order valence-corrected chi connectivity index (χ0v) is 20.3. The van der Waals surface area contributed by atoms with Crippen molar-refractivity contribution in [3.63, 3.8) is 0 Å². The Balaban J connectivity index is 1.21. The quantitative estimate of drug-likeness (QED) is 0.372. The van der Waals surface area contributed by atoms with Crippen LogP contribution in [0, 0.1) is 12.7 Å². The van der Waals surface area contributed by atoms with Crippen LogP contribution in [-0.4, -0.2) is 35.5 Å². The summed E-state index contributed by atoms with van der Waals surface area (Å²) in [7, 11) is 0. The summed E-state index contributed by atoms with van der Waals surface area (Å²) in [5.41, 5.74) is 6.31. The molecule has 1 N–H and O–H groups in total. The van der Waals surface area contributed by atoms with Gasteiger partial charge in [0, 0.05) is 30.2 Å². The number of benzene rings is 3. The van der Waals surface area contributed by atoms with E-state index in [2.05, 4.69) is 21.3 Å². The fourth-order valence-corrected chi connectivity index (χ4v) is 5.25. The molecule has 0 atom stereocenters. The monoisotopic (exact) mass is 481 g/mol. The molecule has 0 radical (unpaired) electrons. The first kappa shape index (κ1) is 22.7. The van der Waals surface area contributed by atoms with E-state index in [1.807, 2.05) is 43.5 Å². The number of pyridine rings is 1. The number of carbonyl (C=O) groups excluding carboxylic acids is 1. The number of likely N-dealkylation sites (tertiary alicyclic amines) is 1. The molecule has 1 amide bonds. The molecule has 4 aromatic rings. The van der Waals surface area contributed by atoms with Crippen LogP contribution in [0.25, 0.3) is 22.0 Å². The van der Waals surface area contributed by atoms with Crippen LogP contribution in [0.5, 0.6) is 5.75 Å². The number of hydrogen-bond donors (Lipinski definition) is 1. The van der Waals surface area contributed by atoms with Gasteiger partial charge in [-0.25, -0.2) is 4.39 Å². The molecule has 0 spiro atoms. The normalized spacial score (nSPS) is 15.2. The van der Waals surface area contributed by atoms with Crippen LogP contribution in [-0.2, 0) is 13.0 Å². The second-order valence-electron chi connectivity index (χ2n) is 9.71. The van der Waals surface area contributed by atoms with Crippen molar-refractivity contribution in [2.75, 3.05) is 25.0 Å². The molecular weight excluding hydrogens is 453 g/mol. The van der Waals surface area contributed by atoms with E-state index in [4.69, 9.17) is 4.74 Å². The molecule has 6 rings (SSSR count). The Bertz CT molecular complexity index is 1480. The number of nitrogens with one attached hydrogen (secondary N) is 1. The second-order valence-corrected chi connectivity index (χ2v) is 9.71. The fraction of sp³-hybridized carbons (Fsp3) is 0.267. The average Bonchev–Trinajstić information content (AvgIpc) is 3.57. The Morgan fingerprint density at radius 3 is 2.69 bits per heavy atom. The molecule has 3 aromatic carbocycles. The third-order valence-corrected chi connectivity index (χ3v) is 7.25. The Kier molecular flexibility index (Phi) is 5.89. The van der Waals surface area contributed by atoms with E-state index in [9.17, 15) is 4.79 Å². The SMILES string of the molecule is Cc1c(NC(=O)c2ccc(-c3ccc4c(c3)CCO4)cc2F)ccc2cc(CN3CCCC3)cnc12. The van der Waals surface area contributed by atoms with Crippen LogP contribution < -0.4 is 10.1 Å². The van der Waals surface area contributed by atoms with Crippen LogP contribution in [0.15, 0.2) is 60.8 Å². The zero-order valence-electron chi connectivity index (χ0n) is 20.3. The minimum atomic E-state index is -0.551. The summed E-state index contributed by atoms with van der Waals surface area (Å²) in [6, 6.07) is 16.6. The van der Waals surface area contributed by atoms with Crippen LogP contribution >= 0.6 is 0 Å². The summed E-state index contributed by atoms with van der Waals surface area (Å²) in [5, 5.41) is 3.92. The molecule has 2 aliphatic rings. The summed E-state index contributed by atoms with van der Waals surface area (Å²) >= 11 is 0. The Hall–Kier alpha value is -3.77. The van der Waals surface area contributed by atoms with Crippen molar-refractivity contribution < 1.29 is 13.9 Å². The Labute approximate surface area is 209 Å². The molecule has 5 nitrogen and oxygen atoms in total. The lowest BCUT2D eigenvalue weighted by molar-refractivity contribution is 0.102. The number of rotatable bonds is 5. The predicted molar refractivity (Wildman–Crippen MR) is 140 cm³/mol. The smallest absolute Gasteiger partial charge is 0.258 e. The number of halogens is 1. The van der Waals surface area contributed by atoms with Gasteiger partial charge in [-0.05, 0) is 97.1 Å². The average molecular weight is 482 g/mol. The van der Waals surface area contributed by atoms with Crippen molar-refractivity contribution in [2.45, 2.75) is 32.7 Å². The van der Waals surface area contributed by atoms with Crippen molar-refractivity contribution in [2.24, 2.45) is 0 Å². The first-order valence-electron chi connectivity index (χ1n) is 12.5. The molecule has 3 heterocycles. The molecule has 1 saturated heterocycles. The van der Waals surface area contributed by atoms with Gasteiger partial charge in [0.2, 0.25) is 0 Å². The summed E-state index contributed by atoms with van der Waals surface area (Å²) in [6.07, 6.45) is 5.29. The standard InChI is InChI=1S/C30H28FN3O2/c1-19-27(8-5-24-14-20(17-32-29(19)24)18-34-11-2-3-12-34)33-30(35)25-7-4-22(16-26(25)31)21-6-9-28-23(15-21)10-13-36-28/h4-9,14-17H,2-3,10-13,18H2,1H3,(H,33,35). The summed E-state index contributed by atoms with van der Waals surface area (Å²) in [4.78, 5) is 20.1. The van der Waals surface area contributed by atoms with Crippen LogP contribution in [0.2, 0.25) is 0 Å². The van der Waals surface area contributed by atoms with Gasteiger partial charge in [0.05, 0.1) is 17.7 Å². The van der Waals surface area contributed by atoms with Gasteiger partial charge in [-0.15, -0.1) is 0 Å². The van der Waals surface area contributed by atoms with E-state index >= 15 is 4.39 Å². The van der Waals surface area contributed by atoms with Crippen LogP contribution in [0.1, 0.15) is 39.9 Å². The lowest BCUT2D eigenvalue weighted by atomic mass is 10.00. The van der Waals surface area contributed by atoms with Gasteiger partial charge < -0.3 is 10.1 Å². The molecule has 0 aliphatic carbocycles. The largest absolute Gasteiger partial charge is 0.493 e. The highest BCUT2D eigenvalue weighted by molar-refractivity contribution is 6.06. The van der Waals surface area contributed by atoms with E-state index in [0.717, 1.165) is 65.0 Å². The molecular formula is C30H28FN3O2. The third kappa shape index (κ3) is 4.33. The highest BCUT2D eigenvalue weighted by Crippen LogP contribution is 2.31. The van der Waals surface area contributed by atoms with Crippen LogP contribution in [0.3, 0.4) is 0 Å². The third-order valence-electron chi connectivity index (χ3n) is 7.25. The van der Waals surface area contributed by atoms with E-state index in [1.54, 1.807) is 12.1 Å². The maximum absolute atomic E-state index is 15.0. The Morgan fingerprint density at radius 1 is 1.06 bits per heavy atom. The molecule has 1 aromatic heterocycles. The van der Waals surface area contributed by atoms with E-state index in [1.165, 1.54) is 24.5 Å². The summed E-state index contributed by atoms with van der Waals surface area (Å²) in [6.45, 7) is 5.80. The molecule has 6 heteroatoms. The molecule has 182 valence electrons. The number of carbonyl (C=O) groups is 1. The minimum Gasteiger partial charge on any atom is -0.493 e. The maximum Gasteiger partial charge on any atom is 0.258 e. The van der Waals surface area contributed by atoms with Gasteiger partial charge in [-0.2, -0.15) is 0 Å². The molecule has 0 unspecified atom stereocenters. The minimum absolute atomic E-state index is 0.0108. The van der Waals surface area contributed by atoms with Crippen molar-refractivity contribution in [3.8, 4) is 16.9 Å². The molecule has 0 saturated carbocycles. The highest BCUT2D eigenvalue weighted by Gasteiger charge is 2.18. The summed E-state index contributed by atoms with van der Waals surface area (Å²) in [5.74, 6) is -0.141. The van der Waals surface area contributed by atoms with E-state index in [-0.39, 0.29) is 5.56 Å². The Morgan fingerprint density at radius 2 is 1.86 bits per heavy atom. The van der Waals surface area contributed by atoms with E-state index in [0.29, 0.717) is 12.3 Å². The van der Waals surface area contributed by atoms with Gasteiger partial charge in [-0.3, -0.25) is 14.7 Å². The zero-order chi connectivity index (χ0) is 24.6. The molecule has 0 bridgehead atoms. The number of amides is 1.